The highest BCUT2D eigenvalue weighted by Gasteiger charge is 2.26. The third kappa shape index (κ3) is 5.60. The number of carbonyl (C=O) groups is 2. The average molecular weight is 338 g/mol. The molecule has 1 saturated heterocycles. The molecule has 0 aromatic carbocycles. The van der Waals surface area contributed by atoms with E-state index in [-0.39, 0.29) is 11.9 Å². The van der Waals surface area contributed by atoms with Crippen molar-refractivity contribution in [1.82, 2.24) is 20.4 Å². The molecule has 6 nitrogen and oxygen atoms in total. The van der Waals surface area contributed by atoms with E-state index in [2.05, 4.69) is 37.9 Å². The van der Waals surface area contributed by atoms with Crippen LogP contribution in [0.25, 0.3) is 0 Å². The van der Waals surface area contributed by atoms with Crippen LogP contribution in [0.2, 0.25) is 0 Å². The summed E-state index contributed by atoms with van der Waals surface area (Å²) in [6, 6.07) is 3.57. The third-order valence-corrected chi connectivity index (χ3v) is 5.10. The van der Waals surface area contributed by atoms with Gasteiger partial charge in [-0.1, -0.05) is 6.07 Å². The van der Waals surface area contributed by atoms with Gasteiger partial charge in [-0.25, -0.2) is 4.79 Å². The first-order valence-electron chi connectivity index (χ1n) is 8.17. The van der Waals surface area contributed by atoms with Gasteiger partial charge in [-0.05, 0) is 31.7 Å². The molecule has 0 spiro atoms. The number of rotatable bonds is 6. The molecule has 0 radical (unpaired) electrons. The summed E-state index contributed by atoms with van der Waals surface area (Å²) < 4.78 is 0. The highest BCUT2D eigenvalue weighted by molar-refractivity contribution is 7.09. The Morgan fingerprint density at radius 2 is 2.04 bits per heavy atom. The summed E-state index contributed by atoms with van der Waals surface area (Å²) in [7, 11) is 0. The third-order valence-electron chi connectivity index (χ3n) is 4.16. The minimum atomic E-state index is -0.418. The van der Waals surface area contributed by atoms with Crippen molar-refractivity contribution in [2.24, 2.45) is 0 Å². The van der Waals surface area contributed by atoms with Crippen LogP contribution in [0.1, 0.15) is 18.7 Å². The monoisotopic (exact) mass is 338 g/mol. The van der Waals surface area contributed by atoms with Gasteiger partial charge in [0.05, 0.1) is 6.04 Å². The first-order valence-corrected chi connectivity index (χ1v) is 9.05. The second-order valence-electron chi connectivity index (χ2n) is 5.73. The van der Waals surface area contributed by atoms with Crippen LogP contribution in [0, 0.1) is 0 Å². The smallest absolute Gasteiger partial charge is 0.321 e. The van der Waals surface area contributed by atoms with Crippen LogP contribution in [-0.4, -0.2) is 67.0 Å². The minimum Gasteiger partial charge on any atom is -0.338 e. The number of piperazine rings is 1. The summed E-state index contributed by atoms with van der Waals surface area (Å²) >= 11 is 1.80. The zero-order chi connectivity index (χ0) is 16.7. The Morgan fingerprint density at radius 3 is 2.65 bits per heavy atom. The van der Waals surface area contributed by atoms with Gasteiger partial charge in [0.2, 0.25) is 5.91 Å². The van der Waals surface area contributed by atoms with Gasteiger partial charge in [0.15, 0.2) is 0 Å². The largest absolute Gasteiger partial charge is 0.338 e. The molecule has 128 valence electrons. The fourth-order valence-electron chi connectivity index (χ4n) is 2.68. The van der Waals surface area contributed by atoms with Gasteiger partial charge >= 0.3 is 6.03 Å². The number of imide groups is 1. The lowest BCUT2D eigenvalue weighted by Gasteiger charge is -2.37. The second kappa shape index (κ2) is 9.00. The van der Waals surface area contributed by atoms with Crippen LogP contribution in [0.5, 0.6) is 0 Å². The van der Waals surface area contributed by atoms with Crippen molar-refractivity contribution in [3.63, 3.8) is 0 Å². The number of hydrogen-bond donors (Lipinski definition) is 2. The number of thiophene rings is 1. The Hall–Kier alpha value is -1.44. The molecule has 2 N–H and O–H groups in total. The molecule has 2 heterocycles. The summed E-state index contributed by atoms with van der Waals surface area (Å²) in [6.45, 7) is 8.89. The van der Waals surface area contributed by atoms with Crippen LogP contribution in [0.4, 0.5) is 4.79 Å². The summed E-state index contributed by atoms with van der Waals surface area (Å²) in [6.07, 6.45) is 1.09. The van der Waals surface area contributed by atoms with E-state index >= 15 is 0 Å². The molecule has 2 rings (SSSR count). The van der Waals surface area contributed by atoms with Crippen molar-refractivity contribution in [2.45, 2.75) is 26.3 Å². The lowest BCUT2D eigenvalue weighted by Crippen LogP contribution is -2.55. The molecule has 1 aromatic rings. The molecule has 1 aromatic heterocycles. The van der Waals surface area contributed by atoms with E-state index in [0.29, 0.717) is 6.54 Å². The molecule has 0 saturated carbocycles. The normalized spacial score (nSPS) is 17.7. The van der Waals surface area contributed by atoms with Gasteiger partial charge in [0, 0.05) is 44.1 Å². The highest BCUT2D eigenvalue weighted by Crippen LogP contribution is 2.12. The summed E-state index contributed by atoms with van der Waals surface area (Å²) in [5.41, 5.74) is 0. The zero-order valence-corrected chi connectivity index (χ0v) is 14.7. The van der Waals surface area contributed by atoms with E-state index in [4.69, 9.17) is 0 Å². The maximum absolute atomic E-state index is 12.1. The summed E-state index contributed by atoms with van der Waals surface area (Å²) in [5.74, 6) is -0.233. The molecule has 1 unspecified atom stereocenters. The van der Waals surface area contributed by atoms with Crippen molar-refractivity contribution in [3.8, 4) is 0 Å². The number of urea groups is 1. The predicted molar refractivity (Wildman–Crippen MR) is 92.7 cm³/mol. The van der Waals surface area contributed by atoms with Crippen molar-refractivity contribution >= 4 is 23.3 Å². The quantitative estimate of drug-likeness (QED) is 0.816. The molecule has 1 atom stereocenters. The Labute approximate surface area is 141 Å². The SMILES string of the molecule is CCNC(=O)NC(=O)C(C)N1CCN(CCc2cccs2)CC1. The molecule has 1 aliphatic rings. The molecular weight excluding hydrogens is 312 g/mol. The fourth-order valence-corrected chi connectivity index (χ4v) is 3.38. The molecule has 7 heteroatoms. The van der Waals surface area contributed by atoms with E-state index in [1.165, 1.54) is 4.88 Å². The molecule has 0 bridgehead atoms. The first-order chi connectivity index (χ1) is 11.1. The van der Waals surface area contributed by atoms with Crippen LogP contribution < -0.4 is 10.6 Å². The highest BCUT2D eigenvalue weighted by atomic mass is 32.1. The lowest BCUT2D eigenvalue weighted by atomic mass is 10.2. The van der Waals surface area contributed by atoms with Gasteiger partial charge in [-0.15, -0.1) is 11.3 Å². The molecule has 23 heavy (non-hydrogen) atoms. The predicted octanol–water partition coefficient (Wildman–Crippen LogP) is 1.14. The van der Waals surface area contributed by atoms with Gasteiger partial charge in [-0.3, -0.25) is 15.0 Å². The molecule has 1 aliphatic heterocycles. The number of nitrogens with one attached hydrogen (secondary N) is 2. The van der Waals surface area contributed by atoms with Gasteiger partial charge in [0.25, 0.3) is 0 Å². The standard InChI is InChI=1S/C16H26N4O2S/c1-3-17-16(22)18-15(21)13(2)20-10-8-19(9-11-20)7-6-14-5-4-12-23-14/h4-5,12-13H,3,6-11H2,1-2H3,(H2,17,18,21,22). The number of hydrogen-bond acceptors (Lipinski definition) is 5. The molecular formula is C16H26N4O2S. The van der Waals surface area contributed by atoms with Gasteiger partial charge in [-0.2, -0.15) is 0 Å². The van der Waals surface area contributed by atoms with E-state index in [9.17, 15) is 9.59 Å². The number of nitrogens with zero attached hydrogens (tertiary/aromatic N) is 2. The maximum atomic E-state index is 12.1. The molecule has 1 fully saturated rings. The first kappa shape index (κ1) is 17.9. The van der Waals surface area contributed by atoms with Crippen LogP contribution in [0.3, 0.4) is 0 Å². The van der Waals surface area contributed by atoms with Crippen molar-refractivity contribution in [3.05, 3.63) is 22.4 Å². The van der Waals surface area contributed by atoms with Crippen molar-refractivity contribution in [2.75, 3.05) is 39.3 Å². The van der Waals surface area contributed by atoms with E-state index in [1.807, 2.05) is 13.8 Å². The van der Waals surface area contributed by atoms with Crippen LogP contribution in [-0.2, 0) is 11.2 Å². The molecule has 0 aliphatic carbocycles. The minimum absolute atomic E-state index is 0.233. The van der Waals surface area contributed by atoms with Crippen molar-refractivity contribution < 1.29 is 9.59 Å². The Kier molecular flexibility index (Phi) is 7.01. The Bertz CT molecular complexity index is 498. The van der Waals surface area contributed by atoms with Crippen LogP contribution >= 0.6 is 11.3 Å². The Balaban J connectivity index is 1.70. The summed E-state index contributed by atoms with van der Waals surface area (Å²) in [5, 5.41) is 7.08. The van der Waals surface area contributed by atoms with Gasteiger partial charge in [0.1, 0.15) is 0 Å². The van der Waals surface area contributed by atoms with Crippen molar-refractivity contribution in [1.29, 1.82) is 0 Å². The molecule has 3 amide bonds. The fraction of sp³-hybridized carbons (Fsp3) is 0.625. The van der Waals surface area contributed by atoms with E-state index in [0.717, 1.165) is 39.1 Å². The van der Waals surface area contributed by atoms with E-state index in [1.54, 1.807) is 11.3 Å². The topological polar surface area (TPSA) is 64.7 Å². The second-order valence-corrected chi connectivity index (χ2v) is 6.76. The number of carbonyl (C=O) groups excluding carboxylic acids is 2. The number of amides is 3. The van der Waals surface area contributed by atoms with Gasteiger partial charge < -0.3 is 10.2 Å². The Morgan fingerprint density at radius 1 is 1.30 bits per heavy atom. The lowest BCUT2D eigenvalue weighted by molar-refractivity contribution is -0.125. The van der Waals surface area contributed by atoms with Crippen LogP contribution in [0.15, 0.2) is 17.5 Å². The zero-order valence-electron chi connectivity index (χ0n) is 13.9. The average Bonchev–Trinajstić information content (AvgIpc) is 3.06. The maximum Gasteiger partial charge on any atom is 0.321 e. The summed E-state index contributed by atoms with van der Waals surface area (Å²) in [4.78, 5) is 29.5. The van der Waals surface area contributed by atoms with E-state index < -0.39 is 6.03 Å².